The molecule has 1 saturated heterocycles. The highest BCUT2D eigenvalue weighted by Gasteiger charge is 2.15. The van der Waals surface area contributed by atoms with Crippen LogP contribution < -0.4 is 10.6 Å². The van der Waals surface area contributed by atoms with Gasteiger partial charge in [-0.05, 0) is 25.5 Å². The van der Waals surface area contributed by atoms with Gasteiger partial charge in [0.15, 0.2) is 0 Å². The van der Waals surface area contributed by atoms with Gasteiger partial charge in [-0.15, -0.1) is 0 Å². The summed E-state index contributed by atoms with van der Waals surface area (Å²) in [5.74, 6) is 0. The first-order valence-electron chi connectivity index (χ1n) is 5.82. The molecule has 0 spiro atoms. The quantitative estimate of drug-likeness (QED) is 0.803. The standard InChI is InChI=1S/C12H19N3O/c1-10(7-12-9-16-6-5-14-12)15-11-3-2-4-13-8-11/h2-4,8,10,12,14-15H,5-7,9H2,1H3. The molecule has 4 heteroatoms. The van der Waals surface area contributed by atoms with E-state index in [1.165, 1.54) is 0 Å². The van der Waals surface area contributed by atoms with E-state index in [1.54, 1.807) is 6.20 Å². The van der Waals surface area contributed by atoms with Crippen molar-refractivity contribution in [2.45, 2.75) is 25.4 Å². The third-order valence-corrected chi connectivity index (χ3v) is 2.71. The second kappa shape index (κ2) is 5.82. The van der Waals surface area contributed by atoms with Crippen molar-refractivity contribution in [2.24, 2.45) is 0 Å². The average molecular weight is 221 g/mol. The first kappa shape index (κ1) is 11.4. The van der Waals surface area contributed by atoms with Crippen LogP contribution in [0.15, 0.2) is 24.5 Å². The van der Waals surface area contributed by atoms with E-state index in [0.29, 0.717) is 12.1 Å². The number of pyridine rings is 1. The van der Waals surface area contributed by atoms with Crippen molar-refractivity contribution in [1.29, 1.82) is 0 Å². The molecule has 1 aliphatic rings. The SMILES string of the molecule is CC(CC1COCCN1)Nc1cccnc1. The molecule has 2 heterocycles. The van der Waals surface area contributed by atoms with Gasteiger partial charge in [0.25, 0.3) is 0 Å². The van der Waals surface area contributed by atoms with E-state index in [9.17, 15) is 0 Å². The Morgan fingerprint density at radius 1 is 1.69 bits per heavy atom. The summed E-state index contributed by atoms with van der Waals surface area (Å²) in [5, 5.41) is 6.89. The molecule has 1 aliphatic heterocycles. The molecule has 2 rings (SSSR count). The second-order valence-corrected chi connectivity index (χ2v) is 4.25. The third-order valence-electron chi connectivity index (χ3n) is 2.71. The Morgan fingerprint density at radius 2 is 2.62 bits per heavy atom. The number of hydrogen-bond donors (Lipinski definition) is 2. The van der Waals surface area contributed by atoms with Crippen molar-refractivity contribution in [3.8, 4) is 0 Å². The van der Waals surface area contributed by atoms with Crippen LogP contribution >= 0.6 is 0 Å². The van der Waals surface area contributed by atoms with E-state index in [-0.39, 0.29) is 0 Å². The molecule has 1 aromatic rings. The van der Waals surface area contributed by atoms with E-state index in [0.717, 1.165) is 31.9 Å². The smallest absolute Gasteiger partial charge is 0.0621 e. The van der Waals surface area contributed by atoms with Gasteiger partial charge in [0, 0.05) is 31.0 Å². The van der Waals surface area contributed by atoms with Crippen molar-refractivity contribution in [3.05, 3.63) is 24.5 Å². The normalized spacial score (nSPS) is 22.7. The minimum Gasteiger partial charge on any atom is -0.381 e. The molecular weight excluding hydrogens is 202 g/mol. The fourth-order valence-electron chi connectivity index (χ4n) is 1.99. The number of aromatic nitrogens is 1. The number of morpholine rings is 1. The van der Waals surface area contributed by atoms with Crippen LogP contribution in [0, 0.1) is 0 Å². The molecule has 2 atom stereocenters. The maximum Gasteiger partial charge on any atom is 0.0621 e. The van der Waals surface area contributed by atoms with E-state index in [4.69, 9.17) is 4.74 Å². The van der Waals surface area contributed by atoms with E-state index in [1.807, 2.05) is 18.3 Å². The van der Waals surface area contributed by atoms with Crippen molar-refractivity contribution >= 4 is 5.69 Å². The van der Waals surface area contributed by atoms with Crippen molar-refractivity contribution in [1.82, 2.24) is 10.3 Å². The molecular formula is C12H19N3O. The minimum absolute atomic E-state index is 0.420. The predicted octanol–water partition coefficient (Wildman–Crippen LogP) is 1.26. The summed E-state index contributed by atoms with van der Waals surface area (Å²) in [7, 11) is 0. The Kier molecular flexibility index (Phi) is 4.13. The van der Waals surface area contributed by atoms with Gasteiger partial charge < -0.3 is 15.4 Å². The lowest BCUT2D eigenvalue weighted by Crippen LogP contribution is -2.43. The van der Waals surface area contributed by atoms with Gasteiger partial charge in [-0.1, -0.05) is 0 Å². The highest BCUT2D eigenvalue weighted by Crippen LogP contribution is 2.09. The highest BCUT2D eigenvalue weighted by atomic mass is 16.5. The number of anilines is 1. The topological polar surface area (TPSA) is 46.2 Å². The monoisotopic (exact) mass is 221 g/mol. The van der Waals surface area contributed by atoms with Crippen molar-refractivity contribution in [2.75, 3.05) is 25.1 Å². The Morgan fingerprint density at radius 3 is 3.31 bits per heavy atom. The molecule has 2 N–H and O–H groups in total. The summed E-state index contributed by atoms with van der Waals surface area (Å²) in [6.45, 7) is 4.80. The maximum atomic E-state index is 5.43. The van der Waals surface area contributed by atoms with E-state index < -0.39 is 0 Å². The van der Waals surface area contributed by atoms with Crippen molar-refractivity contribution in [3.63, 3.8) is 0 Å². The first-order valence-corrected chi connectivity index (χ1v) is 5.82. The van der Waals surface area contributed by atoms with Gasteiger partial charge in [0.2, 0.25) is 0 Å². The van der Waals surface area contributed by atoms with Crippen LogP contribution in [0.5, 0.6) is 0 Å². The summed E-state index contributed by atoms with van der Waals surface area (Å²) in [5.41, 5.74) is 1.08. The van der Waals surface area contributed by atoms with Gasteiger partial charge in [-0.3, -0.25) is 4.98 Å². The van der Waals surface area contributed by atoms with Crippen LogP contribution in [0.1, 0.15) is 13.3 Å². The summed E-state index contributed by atoms with van der Waals surface area (Å²) in [6, 6.07) is 4.86. The fraction of sp³-hybridized carbons (Fsp3) is 0.583. The molecule has 0 saturated carbocycles. The van der Waals surface area contributed by atoms with Crippen molar-refractivity contribution < 1.29 is 4.74 Å². The predicted molar refractivity (Wildman–Crippen MR) is 64.5 cm³/mol. The number of rotatable bonds is 4. The molecule has 1 fully saturated rings. The number of hydrogen-bond acceptors (Lipinski definition) is 4. The molecule has 0 bridgehead atoms. The minimum atomic E-state index is 0.420. The Hall–Kier alpha value is -1.13. The second-order valence-electron chi connectivity index (χ2n) is 4.25. The largest absolute Gasteiger partial charge is 0.381 e. The molecule has 2 unspecified atom stereocenters. The van der Waals surface area contributed by atoms with E-state index in [2.05, 4.69) is 22.5 Å². The summed E-state index contributed by atoms with van der Waals surface area (Å²) in [4.78, 5) is 4.08. The highest BCUT2D eigenvalue weighted by molar-refractivity contribution is 5.40. The third kappa shape index (κ3) is 3.47. The molecule has 4 nitrogen and oxygen atoms in total. The lowest BCUT2D eigenvalue weighted by molar-refractivity contribution is 0.0731. The van der Waals surface area contributed by atoms with Gasteiger partial charge in [0.1, 0.15) is 0 Å². The Bertz CT molecular complexity index is 298. The van der Waals surface area contributed by atoms with Gasteiger partial charge in [0.05, 0.1) is 18.9 Å². The Balaban J connectivity index is 1.77. The van der Waals surface area contributed by atoms with Gasteiger partial charge >= 0.3 is 0 Å². The maximum absolute atomic E-state index is 5.43. The zero-order chi connectivity index (χ0) is 11.2. The lowest BCUT2D eigenvalue weighted by atomic mass is 10.1. The van der Waals surface area contributed by atoms with Gasteiger partial charge in [-0.25, -0.2) is 0 Å². The average Bonchev–Trinajstić information content (AvgIpc) is 2.31. The van der Waals surface area contributed by atoms with Crippen LogP contribution in [0.3, 0.4) is 0 Å². The molecule has 0 radical (unpaired) electrons. The molecule has 0 amide bonds. The van der Waals surface area contributed by atoms with Crippen LogP contribution in [-0.4, -0.2) is 36.8 Å². The summed E-state index contributed by atoms with van der Waals surface area (Å²) < 4.78 is 5.43. The lowest BCUT2D eigenvalue weighted by Gasteiger charge is -2.27. The zero-order valence-electron chi connectivity index (χ0n) is 9.65. The first-order chi connectivity index (χ1) is 7.84. The Labute approximate surface area is 96.4 Å². The molecule has 1 aromatic heterocycles. The van der Waals surface area contributed by atoms with E-state index >= 15 is 0 Å². The molecule has 16 heavy (non-hydrogen) atoms. The summed E-state index contributed by atoms with van der Waals surface area (Å²) in [6.07, 6.45) is 4.70. The number of nitrogens with one attached hydrogen (secondary N) is 2. The van der Waals surface area contributed by atoms with Crippen LogP contribution in [0.4, 0.5) is 5.69 Å². The number of nitrogens with zero attached hydrogens (tertiary/aromatic N) is 1. The van der Waals surface area contributed by atoms with Crippen LogP contribution in [0.25, 0.3) is 0 Å². The summed E-state index contributed by atoms with van der Waals surface area (Å²) >= 11 is 0. The van der Waals surface area contributed by atoms with Crippen LogP contribution in [0.2, 0.25) is 0 Å². The molecule has 0 aromatic carbocycles. The zero-order valence-corrected chi connectivity index (χ0v) is 9.65. The number of ether oxygens (including phenoxy) is 1. The molecule has 0 aliphatic carbocycles. The molecule has 88 valence electrons. The van der Waals surface area contributed by atoms with Crippen LogP contribution in [-0.2, 0) is 4.74 Å². The fourth-order valence-corrected chi connectivity index (χ4v) is 1.99. The van der Waals surface area contributed by atoms with Gasteiger partial charge in [-0.2, -0.15) is 0 Å².